The van der Waals surface area contributed by atoms with E-state index in [4.69, 9.17) is 5.73 Å². The summed E-state index contributed by atoms with van der Waals surface area (Å²) in [5.41, 5.74) is 9.24. The Labute approximate surface area is 111 Å². The van der Waals surface area contributed by atoms with E-state index >= 15 is 0 Å². The topological polar surface area (TPSA) is 38.9 Å². The molecule has 0 aliphatic heterocycles. The third kappa shape index (κ3) is 2.44. The number of aryl methyl sites for hydroxylation is 1. The molecule has 0 amide bonds. The SMILES string of the molecule is Cc1ccncc1C(C)(C)C1CCC(C)CC1N. The van der Waals surface area contributed by atoms with Crippen molar-refractivity contribution in [2.75, 3.05) is 0 Å². The van der Waals surface area contributed by atoms with Gasteiger partial charge in [0.2, 0.25) is 0 Å². The number of pyridine rings is 1. The average Bonchev–Trinajstić information content (AvgIpc) is 2.28. The second-order valence-corrected chi connectivity index (χ2v) is 6.60. The maximum atomic E-state index is 6.42. The Morgan fingerprint density at radius 3 is 2.67 bits per heavy atom. The third-order valence-electron chi connectivity index (χ3n) is 4.82. The molecule has 0 saturated heterocycles. The van der Waals surface area contributed by atoms with Gasteiger partial charge < -0.3 is 5.73 Å². The van der Waals surface area contributed by atoms with Crippen LogP contribution in [-0.2, 0) is 5.41 Å². The number of aromatic nitrogens is 1. The van der Waals surface area contributed by atoms with Crippen LogP contribution in [0, 0.1) is 18.8 Å². The van der Waals surface area contributed by atoms with Gasteiger partial charge in [0, 0.05) is 18.4 Å². The Balaban J connectivity index is 2.28. The van der Waals surface area contributed by atoms with Gasteiger partial charge in [-0.25, -0.2) is 0 Å². The molecule has 100 valence electrons. The summed E-state index contributed by atoms with van der Waals surface area (Å²) in [6.07, 6.45) is 7.61. The lowest BCUT2D eigenvalue weighted by molar-refractivity contribution is 0.170. The molecule has 0 aromatic carbocycles. The maximum absolute atomic E-state index is 6.42. The van der Waals surface area contributed by atoms with E-state index in [9.17, 15) is 0 Å². The van der Waals surface area contributed by atoms with Gasteiger partial charge in [0.15, 0.2) is 0 Å². The Bertz CT molecular complexity index is 411. The minimum absolute atomic E-state index is 0.123. The quantitative estimate of drug-likeness (QED) is 0.868. The van der Waals surface area contributed by atoms with Gasteiger partial charge in [0.25, 0.3) is 0 Å². The van der Waals surface area contributed by atoms with Crippen LogP contribution >= 0.6 is 0 Å². The molecule has 0 radical (unpaired) electrons. The van der Waals surface area contributed by atoms with Crippen molar-refractivity contribution in [2.24, 2.45) is 17.6 Å². The number of hydrogen-bond acceptors (Lipinski definition) is 2. The molecule has 0 spiro atoms. The highest BCUT2D eigenvalue weighted by atomic mass is 14.7. The molecule has 1 heterocycles. The summed E-state index contributed by atoms with van der Waals surface area (Å²) in [5, 5.41) is 0. The summed E-state index contributed by atoms with van der Waals surface area (Å²) in [7, 11) is 0. The molecule has 1 aromatic heterocycles. The van der Waals surface area contributed by atoms with E-state index in [1.807, 2.05) is 12.4 Å². The highest BCUT2D eigenvalue weighted by Gasteiger charge is 2.39. The first-order valence-corrected chi connectivity index (χ1v) is 7.09. The lowest BCUT2D eigenvalue weighted by Gasteiger charge is -2.43. The van der Waals surface area contributed by atoms with Crippen LogP contribution < -0.4 is 5.73 Å². The first kappa shape index (κ1) is 13.5. The van der Waals surface area contributed by atoms with Gasteiger partial charge in [-0.1, -0.05) is 27.2 Å². The number of nitrogens with two attached hydrogens (primary N) is 1. The van der Waals surface area contributed by atoms with Crippen LogP contribution in [-0.4, -0.2) is 11.0 Å². The van der Waals surface area contributed by atoms with Crippen LogP contribution in [0.5, 0.6) is 0 Å². The van der Waals surface area contributed by atoms with Crippen molar-refractivity contribution in [1.82, 2.24) is 4.98 Å². The van der Waals surface area contributed by atoms with Crippen molar-refractivity contribution >= 4 is 0 Å². The van der Waals surface area contributed by atoms with E-state index in [1.165, 1.54) is 24.0 Å². The molecule has 18 heavy (non-hydrogen) atoms. The van der Waals surface area contributed by atoms with E-state index in [2.05, 4.69) is 38.7 Å². The van der Waals surface area contributed by atoms with Crippen LogP contribution in [0.2, 0.25) is 0 Å². The van der Waals surface area contributed by atoms with E-state index in [1.54, 1.807) is 0 Å². The van der Waals surface area contributed by atoms with Gasteiger partial charge in [-0.05, 0) is 54.2 Å². The van der Waals surface area contributed by atoms with E-state index in [0.29, 0.717) is 12.0 Å². The molecule has 2 nitrogen and oxygen atoms in total. The second kappa shape index (κ2) is 5.00. The largest absolute Gasteiger partial charge is 0.327 e. The first-order valence-electron chi connectivity index (χ1n) is 7.09. The summed E-state index contributed by atoms with van der Waals surface area (Å²) in [6, 6.07) is 2.43. The van der Waals surface area contributed by atoms with E-state index in [-0.39, 0.29) is 5.41 Å². The maximum Gasteiger partial charge on any atom is 0.0308 e. The Morgan fingerprint density at radius 1 is 1.33 bits per heavy atom. The molecule has 2 rings (SSSR count). The first-order chi connectivity index (χ1) is 8.43. The Morgan fingerprint density at radius 2 is 2.06 bits per heavy atom. The fourth-order valence-corrected chi connectivity index (χ4v) is 3.66. The zero-order chi connectivity index (χ0) is 13.3. The molecule has 1 fully saturated rings. The van der Waals surface area contributed by atoms with Crippen molar-refractivity contribution in [3.63, 3.8) is 0 Å². The summed E-state index contributed by atoms with van der Waals surface area (Å²) >= 11 is 0. The summed E-state index contributed by atoms with van der Waals surface area (Å²) < 4.78 is 0. The number of rotatable bonds is 2. The van der Waals surface area contributed by atoms with E-state index in [0.717, 1.165) is 12.3 Å². The second-order valence-electron chi connectivity index (χ2n) is 6.60. The highest BCUT2D eigenvalue weighted by molar-refractivity contribution is 5.30. The molecule has 1 saturated carbocycles. The normalized spacial score (nSPS) is 29.3. The standard InChI is InChI=1S/C16H26N2/c1-11-5-6-13(15(17)9-11)16(3,4)14-10-18-8-7-12(14)2/h7-8,10-11,13,15H,5-6,9,17H2,1-4H3. The van der Waals surface area contributed by atoms with Gasteiger partial charge >= 0.3 is 0 Å². The zero-order valence-corrected chi connectivity index (χ0v) is 12.1. The molecule has 3 unspecified atom stereocenters. The van der Waals surface area contributed by atoms with Crippen molar-refractivity contribution in [2.45, 2.75) is 58.4 Å². The van der Waals surface area contributed by atoms with Gasteiger partial charge in [-0.15, -0.1) is 0 Å². The fourth-order valence-electron chi connectivity index (χ4n) is 3.66. The van der Waals surface area contributed by atoms with Crippen LogP contribution in [0.3, 0.4) is 0 Å². The van der Waals surface area contributed by atoms with Crippen LogP contribution in [0.25, 0.3) is 0 Å². The lowest BCUT2D eigenvalue weighted by Crippen LogP contribution is -2.46. The van der Waals surface area contributed by atoms with Gasteiger partial charge in [0.05, 0.1) is 0 Å². The molecule has 2 heteroatoms. The van der Waals surface area contributed by atoms with Crippen LogP contribution in [0.1, 0.15) is 51.2 Å². The molecular formula is C16H26N2. The van der Waals surface area contributed by atoms with Crippen molar-refractivity contribution in [3.05, 3.63) is 29.6 Å². The predicted molar refractivity (Wildman–Crippen MR) is 76.5 cm³/mol. The molecule has 3 atom stereocenters. The van der Waals surface area contributed by atoms with Gasteiger partial charge in [-0.3, -0.25) is 4.98 Å². The number of nitrogens with zero attached hydrogens (tertiary/aromatic N) is 1. The minimum Gasteiger partial charge on any atom is -0.327 e. The van der Waals surface area contributed by atoms with Gasteiger partial charge in [-0.2, -0.15) is 0 Å². The molecule has 1 aliphatic carbocycles. The minimum atomic E-state index is 0.123. The van der Waals surface area contributed by atoms with Crippen LogP contribution in [0.15, 0.2) is 18.5 Å². The van der Waals surface area contributed by atoms with Crippen molar-refractivity contribution in [1.29, 1.82) is 0 Å². The molecule has 2 N–H and O–H groups in total. The summed E-state index contributed by atoms with van der Waals surface area (Å²) in [4.78, 5) is 4.31. The van der Waals surface area contributed by atoms with Gasteiger partial charge in [0.1, 0.15) is 0 Å². The summed E-state index contributed by atoms with van der Waals surface area (Å²) in [5.74, 6) is 1.35. The molecular weight excluding hydrogens is 220 g/mol. The Kier molecular flexibility index (Phi) is 3.76. The van der Waals surface area contributed by atoms with Crippen molar-refractivity contribution < 1.29 is 0 Å². The fraction of sp³-hybridized carbons (Fsp3) is 0.688. The highest BCUT2D eigenvalue weighted by Crippen LogP contribution is 2.42. The predicted octanol–water partition coefficient (Wildman–Crippen LogP) is 3.43. The number of hydrogen-bond donors (Lipinski definition) is 1. The third-order valence-corrected chi connectivity index (χ3v) is 4.82. The lowest BCUT2D eigenvalue weighted by atomic mass is 9.63. The molecule has 0 bridgehead atoms. The summed E-state index contributed by atoms with van der Waals surface area (Å²) in [6.45, 7) is 9.16. The zero-order valence-electron chi connectivity index (χ0n) is 12.1. The smallest absolute Gasteiger partial charge is 0.0308 e. The van der Waals surface area contributed by atoms with E-state index < -0.39 is 0 Å². The average molecular weight is 246 g/mol. The molecule has 1 aliphatic rings. The Hall–Kier alpha value is -0.890. The monoisotopic (exact) mass is 246 g/mol. The van der Waals surface area contributed by atoms with Crippen LogP contribution in [0.4, 0.5) is 0 Å². The molecule has 1 aromatic rings. The van der Waals surface area contributed by atoms with Crippen molar-refractivity contribution in [3.8, 4) is 0 Å².